The second-order valence-electron chi connectivity index (χ2n) is 28.8. The molecular formula is C89H68Cl9IN6O15. The third kappa shape index (κ3) is 18.9. The van der Waals surface area contributed by atoms with Crippen molar-refractivity contribution in [3.8, 4) is 51.0 Å². The fourth-order valence-corrected chi connectivity index (χ4v) is 17.0. The van der Waals surface area contributed by atoms with Crippen LogP contribution in [0.4, 0.5) is 28.4 Å². The van der Waals surface area contributed by atoms with Gasteiger partial charge in [-0.25, -0.2) is 14.4 Å². The fourth-order valence-electron chi connectivity index (χ4n) is 14.2. The first-order chi connectivity index (χ1) is 57.9. The zero-order valence-corrected chi connectivity index (χ0v) is 72.6. The molecule has 3 amide bonds. The first-order valence-electron chi connectivity index (χ1n) is 37.9. The van der Waals surface area contributed by atoms with Gasteiger partial charge < -0.3 is 47.7 Å². The molecule has 3 saturated carbocycles. The molecule has 18 rings (SSSR count). The van der Waals surface area contributed by atoms with E-state index in [-0.39, 0.29) is 58.9 Å². The van der Waals surface area contributed by atoms with E-state index in [9.17, 15) is 33.9 Å². The quantitative estimate of drug-likeness (QED) is 0.0530. The van der Waals surface area contributed by atoms with E-state index < -0.39 is 11.9 Å². The summed E-state index contributed by atoms with van der Waals surface area (Å²) in [5.41, 5.74) is 13.1. The van der Waals surface area contributed by atoms with Gasteiger partial charge in [-0.3, -0.25) is 24.2 Å². The molecule has 0 bridgehead atoms. The van der Waals surface area contributed by atoms with Crippen LogP contribution in [0, 0.1) is 3.57 Å². The number of esters is 2. The van der Waals surface area contributed by atoms with Gasteiger partial charge in [0.1, 0.15) is 71.4 Å². The lowest BCUT2D eigenvalue weighted by atomic mass is 9.99. The average Bonchev–Trinajstić information content (AvgIpc) is 1.72. The Balaban J connectivity index is 0.000000132. The lowest BCUT2D eigenvalue weighted by Crippen LogP contribution is -2.31. The highest BCUT2D eigenvalue weighted by Gasteiger charge is 2.38. The highest BCUT2D eigenvalue weighted by molar-refractivity contribution is 14.1. The zero-order valence-electron chi connectivity index (χ0n) is 63.6. The predicted molar refractivity (Wildman–Crippen MR) is 469 cm³/mol. The number of benzene rings is 9. The van der Waals surface area contributed by atoms with E-state index in [1.165, 1.54) is 37.3 Å². The highest BCUT2D eigenvalue weighted by Crippen LogP contribution is 2.51. The Morgan fingerprint density at radius 2 is 0.758 bits per heavy atom. The summed E-state index contributed by atoms with van der Waals surface area (Å²) >= 11 is 59.5. The number of rotatable bonds is 20. The summed E-state index contributed by atoms with van der Waals surface area (Å²) in [5.74, 6) is 3.27. The molecule has 12 aromatic rings. The van der Waals surface area contributed by atoms with Crippen molar-refractivity contribution in [2.24, 2.45) is 0 Å². The fraction of sp³-hybridized carbons (Fsp3) is 0.225. The number of fused-ring (bicyclic) bond motifs is 3. The summed E-state index contributed by atoms with van der Waals surface area (Å²) in [5, 5.41) is 29.1. The number of carbonyl (C=O) groups is 6. The van der Waals surface area contributed by atoms with Crippen molar-refractivity contribution in [1.29, 1.82) is 0 Å². The molecule has 0 unspecified atom stereocenters. The van der Waals surface area contributed by atoms with Gasteiger partial charge in [0.2, 0.25) is 17.7 Å². The van der Waals surface area contributed by atoms with Crippen molar-refractivity contribution in [3.05, 3.63) is 280 Å². The number of aromatic nitrogens is 3. The molecule has 614 valence electrons. The molecule has 21 nitrogen and oxygen atoms in total. The normalized spacial score (nSPS) is 14.5. The lowest BCUT2D eigenvalue weighted by molar-refractivity contribution is -0.119. The summed E-state index contributed by atoms with van der Waals surface area (Å²) in [6, 6.07) is 46.9. The molecule has 9 aromatic carbocycles. The standard InChI is InChI=1S/C30H23Cl3N2O5.C29H21Cl3N2O5.C22H18Cl2N2O3.C8H6ClIO2/c1-38-30(37)18-7-10-25(23(33)14-18)35-24-11-9-19(13-17(24)8-12-26(35)36)39-15-20-28(34-40-29(20)16-5-6-16)27-21(31)3-2-4-22(27)32;30-20-2-1-3-21(31)26(20)27-19(28(39-33-27)15-4-5-15)14-38-18-8-10-23-16(12-18)7-11-25(35)34(23)24-9-6-17(29(36)37)13-22(24)32;23-16-2-1-3-17(24)20(16)21-15(22(29-26-21)12-4-5-12)11-28-14-7-8-18-13(10-14)6-9-19(27)25-18;1-12-8(11)5-2-3-7(10)6(9)4-5/h2-4,7,9-11,13-14,16H,5-6,8,12,15H2,1H3;1-3,6,8-10,12-13,15H,4-5,7,11,14H2,(H,36,37);1-3,7-8,10,12H,4-6,9,11H2,(H,25,27);2-4H,1H3. The Hall–Kier alpha value is -9.83. The predicted octanol–water partition coefficient (Wildman–Crippen LogP) is 24.9. The SMILES string of the molecule is COC(=O)c1ccc(I)c(Cl)c1.COC(=O)c1ccc(N2C(=O)CCc3cc(OCc4c(-c5c(Cl)cccc5Cl)noc4C4CC4)ccc32)c(Cl)c1.O=C(O)c1ccc(N2C(=O)CCc3cc(OCc4c(-c5c(Cl)cccc5Cl)noc4C4CC4)ccc32)c(Cl)c1.O=C1CCc2cc(OCc3c(-c4c(Cl)cccc4Cl)noc3C3CC3)ccc2N1. The van der Waals surface area contributed by atoms with Gasteiger partial charge in [-0.1, -0.05) is 138 Å². The van der Waals surface area contributed by atoms with Crippen molar-refractivity contribution in [2.75, 3.05) is 29.3 Å². The van der Waals surface area contributed by atoms with Crippen LogP contribution < -0.4 is 29.3 Å². The number of halogens is 10. The topological polar surface area (TPSA) is 265 Å². The maximum Gasteiger partial charge on any atom is 0.337 e. The Morgan fingerprint density at radius 3 is 1.12 bits per heavy atom. The summed E-state index contributed by atoms with van der Waals surface area (Å²) in [6.45, 7) is 0.724. The molecule has 0 saturated heterocycles. The number of hydrogen-bond donors (Lipinski definition) is 2. The van der Waals surface area contributed by atoms with Gasteiger partial charge in [0, 0.05) is 63.0 Å². The van der Waals surface area contributed by atoms with Crippen molar-refractivity contribution in [1.82, 2.24) is 15.5 Å². The van der Waals surface area contributed by atoms with E-state index in [4.69, 9.17) is 137 Å². The molecule has 0 spiro atoms. The highest BCUT2D eigenvalue weighted by atomic mass is 127. The number of hydrogen-bond acceptors (Lipinski definition) is 17. The number of nitrogens with one attached hydrogen (secondary N) is 1. The Morgan fingerprint density at radius 1 is 0.417 bits per heavy atom. The molecule has 0 atom stereocenters. The first kappa shape index (κ1) is 85.2. The van der Waals surface area contributed by atoms with Crippen LogP contribution in [0.3, 0.4) is 0 Å². The Bertz CT molecular complexity index is 5980. The van der Waals surface area contributed by atoms with E-state index in [2.05, 4.69) is 48.1 Å². The van der Waals surface area contributed by atoms with E-state index in [1.54, 1.807) is 102 Å². The smallest absolute Gasteiger partial charge is 0.337 e. The van der Waals surface area contributed by atoms with Gasteiger partial charge in [-0.15, -0.1) is 0 Å². The van der Waals surface area contributed by atoms with Gasteiger partial charge >= 0.3 is 17.9 Å². The number of carboxylic acid groups (broad SMARTS) is 1. The number of aromatic carboxylic acids is 1. The maximum absolute atomic E-state index is 13.0. The molecule has 3 aromatic heterocycles. The molecule has 6 heterocycles. The molecule has 3 aliphatic heterocycles. The van der Waals surface area contributed by atoms with Crippen molar-refractivity contribution >= 4 is 191 Å². The summed E-state index contributed by atoms with van der Waals surface area (Å²) in [7, 11) is 2.64. The van der Waals surface area contributed by atoms with E-state index in [0.29, 0.717) is 171 Å². The monoisotopic (exact) mass is 1900 g/mol. The van der Waals surface area contributed by atoms with Gasteiger partial charge in [-0.05, 0) is 243 Å². The van der Waals surface area contributed by atoms with Crippen LogP contribution in [-0.2, 0) is 62.9 Å². The van der Waals surface area contributed by atoms with E-state index >= 15 is 0 Å². The van der Waals surface area contributed by atoms with Crippen LogP contribution in [0.2, 0.25) is 45.2 Å². The average molecular weight is 1910 g/mol. The minimum absolute atomic E-state index is 0.0472. The molecule has 31 heteroatoms. The third-order valence-corrected chi connectivity index (χ3v) is 24.8. The Kier molecular flexibility index (Phi) is 26.4. The van der Waals surface area contributed by atoms with Crippen molar-refractivity contribution in [2.45, 2.75) is 115 Å². The molecule has 2 N–H and O–H groups in total. The van der Waals surface area contributed by atoms with Crippen LogP contribution in [-0.4, -0.2) is 70.4 Å². The van der Waals surface area contributed by atoms with E-state index in [0.717, 1.165) is 104 Å². The second kappa shape index (κ2) is 37.3. The summed E-state index contributed by atoms with van der Waals surface area (Å²) < 4.78 is 46.0. The van der Waals surface area contributed by atoms with Gasteiger partial charge in [0.05, 0.1) is 116 Å². The number of carbonyl (C=O) groups excluding carboxylic acids is 5. The number of nitrogens with zero attached hydrogens (tertiary/aromatic N) is 5. The first-order valence-corrected chi connectivity index (χ1v) is 42.4. The van der Waals surface area contributed by atoms with Crippen LogP contribution in [0.1, 0.15) is 157 Å². The number of aryl methyl sites for hydroxylation is 3. The molecule has 3 fully saturated rings. The molecule has 0 radical (unpaired) electrons. The molecule has 3 aliphatic carbocycles. The van der Waals surface area contributed by atoms with Crippen molar-refractivity contribution < 1.29 is 71.1 Å². The van der Waals surface area contributed by atoms with Crippen LogP contribution >= 0.6 is 127 Å². The number of methoxy groups -OCH3 is 2. The van der Waals surface area contributed by atoms with Crippen LogP contribution in [0.15, 0.2) is 177 Å². The second-order valence-corrected chi connectivity index (χ2v) is 33.6. The number of ether oxygens (including phenoxy) is 5. The van der Waals surface area contributed by atoms with Crippen LogP contribution in [0.5, 0.6) is 17.2 Å². The van der Waals surface area contributed by atoms with Crippen molar-refractivity contribution in [3.63, 3.8) is 0 Å². The van der Waals surface area contributed by atoms with Gasteiger partial charge in [0.25, 0.3) is 0 Å². The molecule has 6 aliphatic rings. The van der Waals surface area contributed by atoms with Gasteiger partial charge in [0.15, 0.2) is 0 Å². The van der Waals surface area contributed by atoms with E-state index in [1.807, 2.05) is 48.5 Å². The number of amides is 3. The summed E-state index contributed by atoms with van der Waals surface area (Å²) in [6.07, 6.45) is 9.14. The minimum Gasteiger partial charge on any atom is -0.489 e. The maximum atomic E-state index is 13.0. The van der Waals surface area contributed by atoms with Crippen LogP contribution in [0.25, 0.3) is 33.8 Å². The lowest BCUT2D eigenvalue weighted by Gasteiger charge is -2.30. The Labute approximate surface area is 746 Å². The number of anilines is 5. The minimum atomic E-state index is -1.09. The number of carboxylic acids is 1. The summed E-state index contributed by atoms with van der Waals surface area (Å²) in [4.78, 5) is 74.8. The third-order valence-electron chi connectivity index (χ3n) is 20.7. The molecular weight excluding hydrogens is 1840 g/mol. The zero-order chi connectivity index (χ0) is 84.3. The molecule has 120 heavy (non-hydrogen) atoms. The largest absolute Gasteiger partial charge is 0.489 e. The van der Waals surface area contributed by atoms with Gasteiger partial charge in [-0.2, -0.15) is 0 Å².